The van der Waals surface area contributed by atoms with Gasteiger partial charge in [0, 0.05) is 11.3 Å². The molecular formula is C20H23NO. The zero-order valence-corrected chi connectivity index (χ0v) is 13.7. The first-order chi connectivity index (χ1) is 10.3. The fourth-order valence-corrected chi connectivity index (χ4v) is 2.17. The number of aryl methyl sites for hydroxylation is 1. The van der Waals surface area contributed by atoms with E-state index in [0.29, 0.717) is 5.57 Å². The Morgan fingerprint density at radius 3 is 2.09 bits per heavy atom. The number of allylic oxidation sites excluding steroid dienone is 1. The first kappa shape index (κ1) is 16.0. The highest BCUT2D eigenvalue weighted by atomic mass is 16.1. The van der Waals surface area contributed by atoms with Gasteiger partial charge in [0.25, 0.3) is 5.91 Å². The van der Waals surface area contributed by atoms with Gasteiger partial charge >= 0.3 is 0 Å². The van der Waals surface area contributed by atoms with Gasteiger partial charge in [0.05, 0.1) is 0 Å². The fraction of sp³-hybridized carbons (Fsp3) is 0.250. The van der Waals surface area contributed by atoms with Crippen LogP contribution in [0.5, 0.6) is 0 Å². The van der Waals surface area contributed by atoms with E-state index in [4.69, 9.17) is 0 Å². The van der Waals surface area contributed by atoms with Crippen LogP contribution in [0.25, 0.3) is 5.57 Å². The molecule has 0 aliphatic heterocycles. The summed E-state index contributed by atoms with van der Waals surface area (Å²) in [4.78, 5) is 12.7. The third kappa shape index (κ3) is 4.59. The van der Waals surface area contributed by atoms with Gasteiger partial charge in [-0.1, -0.05) is 74.9 Å². The maximum absolute atomic E-state index is 12.7. The summed E-state index contributed by atoms with van der Waals surface area (Å²) in [6.07, 6.45) is 2.02. The van der Waals surface area contributed by atoms with Crippen molar-refractivity contribution in [1.29, 1.82) is 0 Å². The Morgan fingerprint density at radius 1 is 0.955 bits per heavy atom. The molecule has 0 heterocycles. The van der Waals surface area contributed by atoms with Crippen molar-refractivity contribution in [1.82, 2.24) is 0 Å². The number of carbonyl (C=O) groups is 1. The van der Waals surface area contributed by atoms with Crippen LogP contribution in [0.2, 0.25) is 0 Å². The van der Waals surface area contributed by atoms with Crippen LogP contribution in [-0.4, -0.2) is 5.91 Å². The Hall–Kier alpha value is -2.35. The van der Waals surface area contributed by atoms with E-state index in [1.54, 1.807) is 0 Å². The van der Waals surface area contributed by atoms with Gasteiger partial charge in [0.2, 0.25) is 0 Å². The molecule has 2 aromatic carbocycles. The molecular weight excluding hydrogens is 270 g/mol. The minimum Gasteiger partial charge on any atom is -0.322 e. The third-order valence-corrected chi connectivity index (χ3v) is 3.22. The van der Waals surface area contributed by atoms with Crippen molar-refractivity contribution in [3.05, 3.63) is 71.8 Å². The highest BCUT2D eigenvalue weighted by Gasteiger charge is 2.16. The summed E-state index contributed by atoms with van der Waals surface area (Å²) in [7, 11) is 0. The van der Waals surface area contributed by atoms with E-state index in [9.17, 15) is 4.79 Å². The van der Waals surface area contributed by atoms with Crippen molar-refractivity contribution in [2.45, 2.75) is 27.7 Å². The average Bonchev–Trinajstić information content (AvgIpc) is 2.47. The van der Waals surface area contributed by atoms with E-state index in [1.807, 2.05) is 67.6 Å². The number of benzene rings is 2. The number of rotatable bonds is 3. The molecule has 0 saturated carbocycles. The molecule has 0 radical (unpaired) electrons. The molecule has 2 nitrogen and oxygen atoms in total. The quantitative estimate of drug-likeness (QED) is 0.787. The summed E-state index contributed by atoms with van der Waals surface area (Å²) >= 11 is 0. The molecule has 2 aromatic rings. The van der Waals surface area contributed by atoms with Crippen LogP contribution in [0.3, 0.4) is 0 Å². The Bertz CT molecular complexity index is 661. The number of nitrogens with one attached hydrogen (secondary N) is 1. The molecule has 0 bridgehead atoms. The van der Waals surface area contributed by atoms with E-state index >= 15 is 0 Å². The number of hydrogen-bond donors (Lipinski definition) is 1. The first-order valence-electron chi connectivity index (χ1n) is 7.51. The van der Waals surface area contributed by atoms with Crippen molar-refractivity contribution in [2.75, 3.05) is 5.32 Å². The second kappa shape index (κ2) is 6.61. The zero-order chi connectivity index (χ0) is 16.2. The first-order valence-corrected chi connectivity index (χ1v) is 7.51. The molecule has 1 amide bonds. The van der Waals surface area contributed by atoms with Crippen LogP contribution in [0, 0.1) is 12.3 Å². The van der Waals surface area contributed by atoms with Gasteiger partial charge in [-0.05, 0) is 30.0 Å². The molecule has 0 atom stereocenters. The van der Waals surface area contributed by atoms with E-state index in [2.05, 4.69) is 26.1 Å². The van der Waals surface area contributed by atoms with Crippen LogP contribution in [0.15, 0.2) is 60.7 Å². The lowest BCUT2D eigenvalue weighted by Gasteiger charge is -2.17. The number of anilines is 1. The molecule has 1 N–H and O–H groups in total. The van der Waals surface area contributed by atoms with Crippen molar-refractivity contribution in [2.24, 2.45) is 5.41 Å². The zero-order valence-electron chi connectivity index (χ0n) is 13.7. The van der Waals surface area contributed by atoms with E-state index < -0.39 is 0 Å². The molecule has 0 aliphatic carbocycles. The third-order valence-electron chi connectivity index (χ3n) is 3.22. The second-order valence-corrected chi connectivity index (χ2v) is 6.61. The molecule has 0 aliphatic rings. The van der Waals surface area contributed by atoms with Crippen LogP contribution < -0.4 is 5.32 Å². The van der Waals surface area contributed by atoms with Crippen LogP contribution in [-0.2, 0) is 4.79 Å². The largest absolute Gasteiger partial charge is 0.322 e. The van der Waals surface area contributed by atoms with Crippen LogP contribution in [0.4, 0.5) is 5.69 Å². The molecule has 0 saturated heterocycles. The van der Waals surface area contributed by atoms with Gasteiger partial charge in [-0.3, -0.25) is 4.79 Å². The monoisotopic (exact) mass is 293 g/mol. The summed E-state index contributed by atoms with van der Waals surface area (Å²) in [5.41, 5.74) is 3.55. The molecule has 114 valence electrons. The Labute approximate surface area is 132 Å². The summed E-state index contributed by atoms with van der Waals surface area (Å²) in [5.74, 6) is -0.0787. The molecule has 0 fully saturated rings. The van der Waals surface area contributed by atoms with Gasteiger partial charge in [0.15, 0.2) is 0 Å². The van der Waals surface area contributed by atoms with E-state index in [0.717, 1.165) is 11.3 Å². The normalized spacial score (nSPS) is 12.1. The lowest BCUT2D eigenvalue weighted by Crippen LogP contribution is -2.16. The Morgan fingerprint density at radius 2 is 1.55 bits per heavy atom. The average molecular weight is 293 g/mol. The fourth-order valence-electron chi connectivity index (χ4n) is 2.17. The highest BCUT2D eigenvalue weighted by molar-refractivity contribution is 6.25. The SMILES string of the molecule is Cc1ccc(NC(=O)/C(=C/C(C)(C)C)c2ccccc2)cc1. The molecule has 22 heavy (non-hydrogen) atoms. The summed E-state index contributed by atoms with van der Waals surface area (Å²) in [6, 6.07) is 17.6. The van der Waals surface area contributed by atoms with E-state index in [-0.39, 0.29) is 11.3 Å². The molecule has 2 rings (SSSR count). The number of carbonyl (C=O) groups excluding carboxylic acids is 1. The minimum absolute atomic E-state index is 0.0736. The highest BCUT2D eigenvalue weighted by Crippen LogP contribution is 2.25. The predicted molar refractivity (Wildman–Crippen MR) is 93.7 cm³/mol. The number of amides is 1. The number of hydrogen-bond acceptors (Lipinski definition) is 1. The smallest absolute Gasteiger partial charge is 0.255 e. The molecule has 2 heteroatoms. The van der Waals surface area contributed by atoms with Gasteiger partial charge in [-0.15, -0.1) is 0 Å². The van der Waals surface area contributed by atoms with E-state index in [1.165, 1.54) is 5.56 Å². The molecule has 0 spiro atoms. The summed E-state index contributed by atoms with van der Waals surface area (Å²) in [5, 5.41) is 2.98. The van der Waals surface area contributed by atoms with Crippen molar-refractivity contribution in [3.8, 4) is 0 Å². The van der Waals surface area contributed by atoms with Gasteiger partial charge in [-0.25, -0.2) is 0 Å². The Kier molecular flexibility index (Phi) is 4.81. The van der Waals surface area contributed by atoms with Crippen molar-refractivity contribution < 1.29 is 4.79 Å². The maximum Gasteiger partial charge on any atom is 0.255 e. The van der Waals surface area contributed by atoms with Crippen LogP contribution in [0.1, 0.15) is 31.9 Å². The summed E-state index contributed by atoms with van der Waals surface area (Å²) in [6.45, 7) is 8.31. The van der Waals surface area contributed by atoms with Crippen molar-refractivity contribution in [3.63, 3.8) is 0 Å². The maximum atomic E-state index is 12.7. The lowest BCUT2D eigenvalue weighted by atomic mass is 9.90. The van der Waals surface area contributed by atoms with Crippen molar-refractivity contribution >= 4 is 17.2 Å². The lowest BCUT2D eigenvalue weighted by molar-refractivity contribution is -0.111. The molecule has 0 aromatic heterocycles. The predicted octanol–water partition coefficient (Wildman–Crippen LogP) is 5.06. The van der Waals surface area contributed by atoms with Gasteiger partial charge < -0.3 is 5.32 Å². The van der Waals surface area contributed by atoms with Gasteiger partial charge in [0.1, 0.15) is 0 Å². The van der Waals surface area contributed by atoms with Crippen LogP contribution >= 0.6 is 0 Å². The topological polar surface area (TPSA) is 29.1 Å². The second-order valence-electron chi connectivity index (χ2n) is 6.61. The molecule has 0 unspecified atom stereocenters. The standard InChI is InChI=1S/C20H23NO/c1-15-10-12-17(13-11-15)21-19(22)18(14-20(2,3)4)16-8-6-5-7-9-16/h5-14H,1-4H3,(H,21,22)/b18-14+. The minimum atomic E-state index is -0.0787. The summed E-state index contributed by atoms with van der Waals surface area (Å²) < 4.78 is 0. The Balaban J connectivity index is 2.31. The van der Waals surface area contributed by atoms with Gasteiger partial charge in [-0.2, -0.15) is 0 Å².